The summed E-state index contributed by atoms with van der Waals surface area (Å²) in [6, 6.07) is 3.41. The van der Waals surface area contributed by atoms with Gasteiger partial charge in [-0.25, -0.2) is 4.39 Å². The van der Waals surface area contributed by atoms with E-state index in [1.54, 1.807) is 12.1 Å². The Morgan fingerprint density at radius 2 is 2.07 bits per heavy atom. The SMILES string of the molecule is NC1(c2ccc3c(c2F)OCO3)CC1. The van der Waals surface area contributed by atoms with Gasteiger partial charge in [0, 0.05) is 11.1 Å². The number of benzene rings is 1. The van der Waals surface area contributed by atoms with Gasteiger partial charge in [-0.3, -0.25) is 0 Å². The van der Waals surface area contributed by atoms with Gasteiger partial charge < -0.3 is 15.2 Å². The van der Waals surface area contributed by atoms with Crippen LogP contribution in [0.15, 0.2) is 12.1 Å². The van der Waals surface area contributed by atoms with Crippen LogP contribution in [0.4, 0.5) is 4.39 Å². The van der Waals surface area contributed by atoms with Gasteiger partial charge in [-0.2, -0.15) is 0 Å². The minimum Gasteiger partial charge on any atom is -0.453 e. The summed E-state index contributed by atoms with van der Waals surface area (Å²) < 4.78 is 23.9. The van der Waals surface area contributed by atoms with Crippen molar-refractivity contribution in [2.45, 2.75) is 18.4 Å². The van der Waals surface area contributed by atoms with Crippen LogP contribution in [0.5, 0.6) is 11.5 Å². The van der Waals surface area contributed by atoms with Crippen molar-refractivity contribution in [1.82, 2.24) is 0 Å². The minimum absolute atomic E-state index is 0.0906. The molecule has 0 saturated heterocycles. The molecule has 2 aliphatic rings. The lowest BCUT2D eigenvalue weighted by Crippen LogP contribution is -2.20. The largest absolute Gasteiger partial charge is 0.453 e. The number of hydrogen-bond acceptors (Lipinski definition) is 3. The third kappa shape index (κ3) is 0.944. The zero-order valence-electron chi connectivity index (χ0n) is 7.55. The van der Waals surface area contributed by atoms with Crippen LogP contribution in [-0.4, -0.2) is 6.79 Å². The molecule has 0 unspecified atom stereocenters. The second-order valence-corrected chi connectivity index (χ2v) is 3.82. The average molecular weight is 195 g/mol. The van der Waals surface area contributed by atoms with Gasteiger partial charge in [-0.15, -0.1) is 0 Å². The van der Waals surface area contributed by atoms with Gasteiger partial charge in [0.15, 0.2) is 11.6 Å². The minimum atomic E-state index is -0.467. The van der Waals surface area contributed by atoms with Gasteiger partial charge in [-0.1, -0.05) is 6.07 Å². The lowest BCUT2D eigenvalue weighted by molar-refractivity contribution is 0.170. The summed E-state index contributed by atoms with van der Waals surface area (Å²) in [7, 11) is 0. The number of fused-ring (bicyclic) bond motifs is 1. The molecule has 0 spiro atoms. The molecule has 3 rings (SSSR count). The highest BCUT2D eigenvalue weighted by Gasteiger charge is 2.43. The fraction of sp³-hybridized carbons (Fsp3) is 0.400. The third-order valence-corrected chi connectivity index (χ3v) is 2.80. The predicted octanol–water partition coefficient (Wildman–Crippen LogP) is 1.50. The molecule has 1 aromatic rings. The van der Waals surface area contributed by atoms with Crippen LogP contribution in [0.25, 0.3) is 0 Å². The standard InChI is InChI=1S/C10H10FNO2/c11-8-6(10(12)3-4-10)1-2-7-9(8)14-5-13-7/h1-2H,3-5,12H2. The molecule has 1 heterocycles. The van der Waals surface area contributed by atoms with E-state index in [2.05, 4.69) is 0 Å². The first-order valence-electron chi connectivity index (χ1n) is 4.58. The molecule has 4 heteroatoms. The van der Waals surface area contributed by atoms with Crippen molar-refractivity contribution in [3.05, 3.63) is 23.5 Å². The van der Waals surface area contributed by atoms with Crippen LogP contribution in [0.3, 0.4) is 0 Å². The summed E-state index contributed by atoms with van der Waals surface area (Å²) in [6.45, 7) is 0.0906. The van der Waals surface area contributed by atoms with Crippen molar-refractivity contribution in [3.63, 3.8) is 0 Å². The molecule has 1 fully saturated rings. The molecule has 0 radical (unpaired) electrons. The monoisotopic (exact) mass is 195 g/mol. The molecule has 14 heavy (non-hydrogen) atoms. The van der Waals surface area contributed by atoms with Crippen molar-refractivity contribution in [1.29, 1.82) is 0 Å². The van der Waals surface area contributed by atoms with E-state index in [0.717, 1.165) is 12.8 Å². The van der Waals surface area contributed by atoms with E-state index in [1.807, 2.05) is 0 Å². The van der Waals surface area contributed by atoms with Gasteiger partial charge in [0.2, 0.25) is 12.5 Å². The Hall–Kier alpha value is -1.29. The smallest absolute Gasteiger partial charge is 0.231 e. The number of nitrogens with two attached hydrogens (primary N) is 1. The normalized spacial score (nSPS) is 21.0. The molecule has 0 atom stereocenters. The van der Waals surface area contributed by atoms with E-state index in [4.69, 9.17) is 15.2 Å². The van der Waals surface area contributed by atoms with E-state index < -0.39 is 5.54 Å². The Labute approximate surface area is 80.6 Å². The Morgan fingerprint density at radius 3 is 2.79 bits per heavy atom. The summed E-state index contributed by atoms with van der Waals surface area (Å²) in [6.07, 6.45) is 1.67. The predicted molar refractivity (Wildman–Crippen MR) is 47.6 cm³/mol. The van der Waals surface area contributed by atoms with Gasteiger partial charge >= 0.3 is 0 Å². The number of rotatable bonds is 1. The lowest BCUT2D eigenvalue weighted by atomic mass is 10.0. The van der Waals surface area contributed by atoms with E-state index >= 15 is 0 Å². The number of ether oxygens (including phenoxy) is 2. The van der Waals surface area contributed by atoms with Crippen LogP contribution in [0.2, 0.25) is 0 Å². The Kier molecular flexibility index (Phi) is 1.37. The zero-order chi connectivity index (χ0) is 9.76. The Bertz CT molecular complexity index is 401. The summed E-state index contributed by atoms with van der Waals surface area (Å²) in [5.74, 6) is 0.315. The summed E-state index contributed by atoms with van der Waals surface area (Å²) in [5.41, 5.74) is 6.00. The van der Waals surface area contributed by atoms with Crippen molar-refractivity contribution in [2.24, 2.45) is 5.73 Å². The maximum absolute atomic E-state index is 13.8. The molecule has 74 valence electrons. The molecular weight excluding hydrogens is 185 g/mol. The third-order valence-electron chi connectivity index (χ3n) is 2.80. The van der Waals surface area contributed by atoms with Crippen molar-refractivity contribution in [2.75, 3.05) is 6.79 Å². The molecule has 1 saturated carbocycles. The quantitative estimate of drug-likeness (QED) is 0.738. The Morgan fingerprint density at radius 1 is 1.29 bits per heavy atom. The molecule has 1 aromatic carbocycles. The van der Waals surface area contributed by atoms with Gasteiger partial charge in [0.1, 0.15) is 0 Å². The van der Waals surface area contributed by atoms with Gasteiger partial charge in [0.05, 0.1) is 0 Å². The second kappa shape index (κ2) is 2.39. The molecule has 0 bridgehead atoms. The van der Waals surface area contributed by atoms with E-state index in [9.17, 15) is 4.39 Å². The van der Waals surface area contributed by atoms with Crippen molar-refractivity contribution in [3.8, 4) is 11.5 Å². The van der Waals surface area contributed by atoms with Crippen LogP contribution in [0.1, 0.15) is 18.4 Å². The highest BCUT2D eigenvalue weighted by Crippen LogP contribution is 2.47. The van der Waals surface area contributed by atoms with Crippen LogP contribution >= 0.6 is 0 Å². The average Bonchev–Trinajstić information content (AvgIpc) is 2.75. The Balaban J connectivity index is 2.15. The lowest BCUT2D eigenvalue weighted by Gasteiger charge is -2.11. The highest BCUT2D eigenvalue weighted by atomic mass is 19.1. The second-order valence-electron chi connectivity index (χ2n) is 3.82. The first-order chi connectivity index (χ1) is 6.71. The zero-order valence-corrected chi connectivity index (χ0v) is 7.55. The van der Waals surface area contributed by atoms with Gasteiger partial charge in [-0.05, 0) is 18.9 Å². The molecule has 1 aliphatic carbocycles. The fourth-order valence-corrected chi connectivity index (χ4v) is 1.73. The topological polar surface area (TPSA) is 44.5 Å². The summed E-state index contributed by atoms with van der Waals surface area (Å²) in [4.78, 5) is 0. The van der Waals surface area contributed by atoms with Gasteiger partial charge in [0.25, 0.3) is 0 Å². The first-order valence-corrected chi connectivity index (χ1v) is 4.58. The molecule has 0 aromatic heterocycles. The summed E-state index contributed by atoms with van der Waals surface area (Å²) >= 11 is 0. The van der Waals surface area contributed by atoms with E-state index in [-0.39, 0.29) is 18.4 Å². The highest BCUT2D eigenvalue weighted by molar-refractivity contribution is 5.49. The van der Waals surface area contributed by atoms with Crippen molar-refractivity contribution < 1.29 is 13.9 Å². The van der Waals surface area contributed by atoms with Crippen molar-refractivity contribution >= 4 is 0 Å². The molecule has 2 N–H and O–H groups in total. The van der Waals surface area contributed by atoms with Crippen LogP contribution < -0.4 is 15.2 Å². The van der Waals surface area contributed by atoms with Crippen LogP contribution in [-0.2, 0) is 5.54 Å². The first kappa shape index (κ1) is 8.05. The van der Waals surface area contributed by atoms with Crippen LogP contribution in [0, 0.1) is 5.82 Å². The number of halogens is 1. The summed E-state index contributed by atoms with van der Waals surface area (Å²) in [5, 5.41) is 0. The molecule has 1 aliphatic heterocycles. The molecule has 3 nitrogen and oxygen atoms in total. The maximum Gasteiger partial charge on any atom is 0.231 e. The molecular formula is C10H10FNO2. The maximum atomic E-state index is 13.8. The number of hydrogen-bond donors (Lipinski definition) is 1. The molecule has 0 amide bonds. The van der Waals surface area contributed by atoms with E-state index in [0.29, 0.717) is 11.3 Å². The fourth-order valence-electron chi connectivity index (χ4n) is 1.73. The van der Waals surface area contributed by atoms with E-state index in [1.165, 1.54) is 0 Å².